The van der Waals surface area contributed by atoms with E-state index in [1.54, 1.807) is 12.1 Å². The van der Waals surface area contributed by atoms with Crippen molar-refractivity contribution < 1.29 is 19.4 Å². The zero-order chi connectivity index (χ0) is 14.7. The van der Waals surface area contributed by atoms with Crippen LogP contribution in [0.2, 0.25) is 0 Å². The Balaban J connectivity index is 2.01. The molecule has 1 aromatic rings. The van der Waals surface area contributed by atoms with E-state index in [0.717, 1.165) is 5.56 Å². The Kier molecular flexibility index (Phi) is 4.39. The van der Waals surface area contributed by atoms with Crippen molar-refractivity contribution >= 4 is 11.9 Å². The van der Waals surface area contributed by atoms with E-state index in [9.17, 15) is 9.59 Å². The monoisotopic (exact) mass is 277 g/mol. The van der Waals surface area contributed by atoms with Gasteiger partial charge in [-0.2, -0.15) is 0 Å². The number of carbonyl (C=O) groups excluding carboxylic acids is 1. The molecule has 1 aliphatic heterocycles. The van der Waals surface area contributed by atoms with Gasteiger partial charge in [-0.3, -0.25) is 4.79 Å². The van der Waals surface area contributed by atoms with Crippen molar-refractivity contribution in [3.63, 3.8) is 0 Å². The SMILES string of the molecule is C[C@@H]1CN(C(=O)Cc2ccc(C(=O)O)cc2)[C@H](C)CO1. The number of aromatic carboxylic acids is 1. The molecule has 2 atom stereocenters. The van der Waals surface area contributed by atoms with Crippen LogP contribution in [-0.4, -0.2) is 47.2 Å². The summed E-state index contributed by atoms with van der Waals surface area (Å²) >= 11 is 0. The van der Waals surface area contributed by atoms with E-state index in [2.05, 4.69) is 0 Å². The summed E-state index contributed by atoms with van der Waals surface area (Å²) in [6.45, 7) is 5.09. The Morgan fingerprint density at radius 3 is 2.55 bits per heavy atom. The first-order chi connectivity index (χ1) is 9.47. The molecule has 20 heavy (non-hydrogen) atoms. The summed E-state index contributed by atoms with van der Waals surface area (Å²) in [4.78, 5) is 24.9. The van der Waals surface area contributed by atoms with Crippen LogP contribution in [0.5, 0.6) is 0 Å². The highest BCUT2D eigenvalue weighted by molar-refractivity contribution is 5.87. The fraction of sp³-hybridized carbons (Fsp3) is 0.467. The standard InChI is InChI=1S/C15H19NO4/c1-10-9-20-11(2)8-16(10)14(17)7-12-3-5-13(6-4-12)15(18)19/h3-6,10-11H,7-9H2,1-2H3,(H,18,19)/t10-,11-/m1/s1. The zero-order valence-corrected chi connectivity index (χ0v) is 11.7. The molecule has 2 rings (SSSR count). The quantitative estimate of drug-likeness (QED) is 0.910. The number of morpholine rings is 1. The minimum atomic E-state index is -0.960. The van der Waals surface area contributed by atoms with E-state index in [4.69, 9.17) is 9.84 Å². The number of hydrogen-bond acceptors (Lipinski definition) is 3. The molecule has 1 aliphatic rings. The number of benzene rings is 1. The van der Waals surface area contributed by atoms with Gasteiger partial charge in [-0.1, -0.05) is 12.1 Å². The second-order valence-corrected chi connectivity index (χ2v) is 5.22. The Morgan fingerprint density at radius 1 is 1.30 bits per heavy atom. The topological polar surface area (TPSA) is 66.8 Å². The highest BCUT2D eigenvalue weighted by Gasteiger charge is 2.27. The van der Waals surface area contributed by atoms with Gasteiger partial charge in [-0.15, -0.1) is 0 Å². The third-order valence-corrected chi connectivity index (χ3v) is 3.48. The Labute approximate surface area is 118 Å². The largest absolute Gasteiger partial charge is 0.478 e. The fourth-order valence-corrected chi connectivity index (χ4v) is 2.29. The van der Waals surface area contributed by atoms with Gasteiger partial charge in [0.15, 0.2) is 0 Å². The number of carboxylic acid groups (broad SMARTS) is 1. The third kappa shape index (κ3) is 3.36. The van der Waals surface area contributed by atoms with Gasteiger partial charge in [-0.25, -0.2) is 4.79 Å². The van der Waals surface area contributed by atoms with Gasteiger partial charge in [0.05, 0.1) is 30.7 Å². The van der Waals surface area contributed by atoms with Crippen molar-refractivity contribution in [3.05, 3.63) is 35.4 Å². The van der Waals surface area contributed by atoms with Gasteiger partial charge in [0, 0.05) is 6.54 Å². The number of hydrogen-bond donors (Lipinski definition) is 1. The first-order valence-electron chi connectivity index (χ1n) is 6.70. The van der Waals surface area contributed by atoms with E-state index >= 15 is 0 Å². The summed E-state index contributed by atoms with van der Waals surface area (Å²) in [5, 5.41) is 8.84. The fourth-order valence-electron chi connectivity index (χ4n) is 2.29. The number of carbonyl (C=O) groups is 2. The summed E-state index contributed by atoms with van der Waals surface area (Å²) in [6.07, 6.45) is 0.348. The Hall–Kier alpha value is -1.88. The van der Waals surface area contributed by atoms with Crippen molar-refractivity contribution in [1.82, 2.24) is 4.90 Å². The van der Waals surface area contributed by atoms with Crippen molar-refractivity contribution in [2.24, 2.45) is 0 Å². The highest BCUT2D eigenvalue weighted by Crippen LogP contribution is 2.14. The molecule has 108 valence electrons. The van der Waals surface area contributed by atoms with Gasteiger partial charge in [-0.05, 0) is 31.5 Å². The maximum atomic E-state index is 12.3. The highest BCUT2D eigenvalue weighted by atomic mass is 16.5. The molecular weight excluding hydrogens is 258 g/mol. The Bertz CT molecular complexity index is 497. The predicted octanol–water partition coefficient (Wildman–Crippen LogP) is 1.56. The molecule has 0 saturated carbocycles. The van der Waals surface area contributed by atoms with Crippen molar-refractivity contribution in [2.45, 2.75) is 32.4 Å². The summed E-state index contributed by atoms with van der Waals surface area (Å²) in [6, 6.07) is 6.51. The number of ether oxygens (including phenoxy) is 1. The van der Waals surface area contributed by atoms with E-state index in [-0.39, 0.29) is 30.0 Å². The number of amides is 1. The molecule has 5 heteroatoms. The summed E-state index contributed by atoms with van der Waals surface area (Å²) in [5.41, 5.74) is 1.06. The number of nitrogens with zero attached hydrogens (tertiary/aromatic N) is 1. The minimum Gasteiger partial charge on any atom is -0.478 e. The normalized spacial score (nSPS) is 22.6. The molecule has 1 heterocycles. The summed E-state index contributed by atoms with van der Waals surface area (Å²) in [5.74, 6) is -0.908. The number of rotatable bonds is 3. The lowest BCUT2D eigenvalue weighted by molar-refractivity contribution is -0.142. The van der Waals surface area contributed by atoms with E-state index < -0.39 is 5.97 Å². The van der Waals surface area contributed by atoms with Gasteiger partial charge >= 0.3 is 5.97 Å². The van der Waals surface area contributed by atoms with E-state index in [1.807, 2.05) is 18.7 Å². The average molecular weight is 277 g/mol. The van der Waals surface area contributed by atoms with Crippen molar-refractivity contribution in [2.75, 3.05) is 13.2 Å². The van der Waals surface area contributed by atoms with Gasteiger partial charge in [0.1, 0.15) is 0 Å². The molecule has 0 radical (unpaired) electrons. The molecule has 1 aromatic carbocycles. The smallest absolute Gasteiger partial charge is 0.335 e. The van der Waals surface area contributed by atoms with Gasteiger partial charge in [0.25, 0.3) is 0 Å². The first kappa shape index (κ1) is 14.5. The van der Waals surface area contributed by atoms with Crippen molar-refractivity contribution in [3.8, 4) is 0 Å². The molecule has 0 bridgehead atoms. The van der Waals surface area contributed by atoms with Crippen LogP contribution >= 0.6 is 0 Å². The lowest BCUT2D eigenvalue weighted by atomic mass is 10.1. The summed E-state index contributed by atoms with van der Waals surface area (Å²) < 4.78 is 5.50. The second-order valence-electron chi connectivity index (χ2n) is 5.22. The lowest BCUT2D eigenvalue weighted by Crippen LogP contribution is -2.50. The Morgan fingerprint density at radius 2 is 1.95 bits per heavy atom. The van der Waals surface area contributed by atoms with Crippen molar-refractivity contribution in [1.29, 1.82) is 0 Å². The second kappa shape index (κ2) is 6.05. The zero-order valence-electron chi connectivity index (χ0n) is 11.7. The van der Waals surface area contributed by atoms with Crippen LogP contribution in [0.15, 0.2) is 24.3 Å². The third-order valence-electron chi connectivity index (χ3n) is 3.48. The van der Waals surface area contributed by atoms with Crippen LogP contribution in [0, 0.1) is 0 Å². The molecule has 1 amide bonds. The van der Waals surface area contributed by atoms with Crippen LogP contribution in [0.4, 0.5) is 0 Å². The summed E-state index contributed by atoms with van der Waals surface area (Å²) in [7, 11) is 0. The maximum Gasteiger partial charge on any atom is 0.335 e. The lowest BCUT2D eigenvalue weighted by Gasteiger charge is -2.36. The molecule has 0 unspecified atom stereocenters. The number of carboxylic acids is 1. The molecule has 0 aromatic heterocycles. The van der Waals surface area contributed by atoms with Crippen LogP contribution < -0.4 is 0 Å². The molecular formula is C15H19NO4. The predicted molar refractivity (Wildman–Crippen MR) is 73.7 cm³/mol. The molecule has 1 N–H and O–H groups in total. The van der Waals surface area contributed by atoms with Crippen LogP contribution in [0.3, 0.4) is 0 Å². The molecule has 0 aliphatic carbocycles. The minimum absolute atomic E-state index is 0.0516. The van der Waals surface area contributed by atoms with Crippen LogP contribution in [0.1, 0.15) is 29.8 Å². The molecule has 0 spiro atoms. The maximum absolute atomic E-state index is 12.3. The van der Waals surface area contributed by atoms with Crippen LogP contribution in [0.25, 0.3) is 0 Å². The van der Waals surface area contributed by atoms with Crippen LogP contribution in [-0.2, 0) is 16.0 Å². The first-order valence-corrected chi connectivity index (χ1v) is 6.70. The van der Waals surface area contributed by atoms with E-state index in [0.29, 0.717) is 13.2 Å². The van der Waals surface area contributed by atoms with Gasteiger partial charge < -0.3 is 14.7 Å². The average Bonchev–Trinajstić information content (AvgIpc) is 2.42. The van der Waals surface area contributed by atoms with Gasteiger partial charge in [0.2, 0.25) is 5.91 Å². The molecule has 5 nitrogen and oxygen atoms in total. The molecule has 1 fully saturated rings. The molecule has 1 saturated heterocycles. The van der Waals surface area contributed by atoms with E-state index in [1.165, 1.54) is 12.1 Å².